The molecule has 150 valence electrons. The highest BCUT2D eigenvalue weighted by Gasteiger charge is 2.22. The Bertz CT molecular complexity index is 787. The van der Waals surface area contributed by atoms with E-state index in [1.807, 2.05) is 32.9 Å². The van der Waals surface area contributed by atoms with Gasteiger partial charge in [0.15, 0.2) is 0 Å². The van der Waals surface area contributed by atoms with Crippen LogP contribution >= 0.6 is 0 Å². The maximum absolute atomic E-state index is 12.5. The van der Waals surface area contributed by atoms with Crippen LogP contribution < -0.4 is 10.1 Å². The van der Waals surface area contributed by atoms with E-state index in [2.05, 4.69) is 10.3 Å². The molecule has 2 rings (SSSR count). The normalized spacial score (nSPS) is 12.2. The number of nitrogens with zero attached hydrogens (tertiary/aromatic N) is 1. The molecule has 1 amide bonds. The number of carboxylic acid groups (broad SMARTS) is 1. The van der Waals surface area contributed by atoms with Crippen molar-refractivity contribution in [1.29, 1.82) is 0 Å². The lowest BCUT2D eigenvalue weighted by Crippen LogP contribution is -2.42. The van der Waals surface area contributed by atoms with Gasteiger partial charge in [-0.3, -0.25) is 9.78 Å². The summed E-state index contributed by atoms with van der Waals surface area (Å²) in [7, 11) is 0. The smallest absolute Gasteiger partial charge is 0.326 e. The predicted octanol–water partition coefficient (Wildman–Crippen LogP) is 3.05. The number of amides is 1. The monoisotopic (exact) mass is 386 g/mol. The fourth-order valence-corrected chi connectivity index (χ4v) is 2.36. The van der Waals surface area contributed by atoms with Crippen molar-refractivity contribution in [2.75, 3.05) is 6.61 Å². The SMILES string of the molecule is CC(C)(C)OCCC(NC(=O)c1cccc(OCc2cccnc2)c1)C(=O)O. The van der Waals surface area contributed by atoms with Gasteiger partial charge in [-0.15, -0.1) is 0 Å². The Hall–Kier alpha value is -2.93. The molecule has 28 heavy (non-hydrogen) atoms. The van der Waals surface area contributed by atoms with Crippen LogP contribution in [-0.2, 0) is 16.1 Å². The summed E-state index contributed by atoms with van der Waals surface area (Å²) < 4.78 is 11.2. The standard InChI is InChI=1S/C21H26N2O5/c1-21(2,3)28-11-9-18(20(25)26)23-19(24)16-7-4-8-17(12-16)27-14-15-6-5-10-22-13-15/h4-8,10,12-13,18H,9,11,14H2,1-3H3,(H,23,24)(H,25,26). The van der Waals surface area contributed by atoms with E-state index in [4.69, 9.17) is 9.47 Å². The van der Waals surface area contributed by atoms with E-state index in [0.29, 0.717) is 17.9 Å². The van der Waals surface area contributed by atoms with Crippen LogP contribution in [0.4, 0.5) is 0 Å². The number of hydrogen-bond acceptors (Lipinski definition) is 5. The first-order valence-corrected chi connectivity index (χ1v) is 9.04. The van der Waals surface area contributed by atoms with Gasteiger partial charge in [0.05, 0.1) is 5.60 Å². The van der Waals surface area contributed by atoms with Crippen LogP contribution in [0.2, 0.25) is 0 Å². The molecule has 0 radical (unpaired) electrons. The third-order valence-electron chi connectivity index (χ3n) is 3.77. The van der Waals surface area contributed by atoms with Gasteiger partial charge in [0.1, 0.15) is 18.4 Å². The molecule has 1 aromatic carbocycles. The van der Waals surface area contributed by atoms with Crippen LogP contribution in [0.3, 0.4) is 0 Å². The zero-order valence-electron chi connectivity index (χ0n) is 16.3. The van der Waals surface area contributed by atoms with Crippen LogP contribution in [0, 0.1) is 0 Å². The van der Waals surface area contributed by atoms with Crippen molar-refractivity contribution in [2.45, 2.75) is 45.4 Å². The van der Waals surface area contributed by atoms with Crippen molar-refractivity contribution in [3.8, 4) is 5.75 Å². The molecule has 1 atom stereocenters. The van der Waals surface area contributed by atoms with Crippen molar-refractivity contribution < 1.29 is 24.2 Å². The summed E-state index contributed by atoms with van der Waals surface area (Å²) in [5, 5.41) is 11.9. The molecule has 1 aromatic heterocycles. The van der Waals surface area contributed by atoms with E-state index in [0.717, 1.165) is 5.56 Å². The predicted molar refractivity (Wildman–Crippen MR) is 104 cm³/mol. The Morgan fingerprint density at radius 2 is 2.00 bits per heavy atom. The van der Waals surface area contributed by atoms with Crippen molar-refractivity contribution in [2.24, 2.45) is 0 Å². The Kier molecular flexibility index (Phi) is 7.52. The molecule has 0 bridgehead atoms. The minimum atomic E-state index is -1.10. The van der Waals surface area contributed by atoms with E-state index in [-0.39, 0.29) is 18.6 Å². The number of carboxylic acids is 1. The lowest BCUT2D eigenvalue weighted by molar-refractivity contribution is -0.140. The molecule has 7 nitrogen and oxygen atoms in total. The number of ether oxygens (including phenoxy) is 2. The molecular weight excluding hydrogens is 360 g/mol. The molecule has 7 heteroatoms. The third kappa shape index (κ3) is 7.36. The Labute approximate surface area is 164 Å². The largest absolute Gasteiger partial charge is 0.489 e. The fraction of sp³-hybridized carbons (Fsp3) is 0.381. The summed E-state index contributed by atoms with van der Waals surface area (Å²) in [6, 6.07) is 9.28. The third-order valence-corrected chi connectivity index (χ3v) is 3.77. The summed E-state index contributed by atoms with van der Waals surface area (Å²) in [6.45, 7) is 6.21. The van der Waals surface area contributed by atoms with Gasteiger partial charge in [0.2, 0.25) is 0 Å². The van der Waals surface area contributed by atoms with Crippen molar-refractivity contribution in [3.05, 3.63) is 59.9 Å². The zero-order chi connectivity index (χ0) is 20.6. The molecule has 0 aliphatic carbocycles. The minimum Gasteiger partial charge on any atom is -0.489 e. The fourth-order valence-electron chi connectivity index (χ4n) is 2.36. The second kappa shape index (κ2) is 9.85. The molecule has 0 saturated heterocycles. The topological polar surface area (TPSA) is 97.8 Å². The Balaban J connectivity index is 1.95. The molecule has 2 aromatic rings. The van der Waals surface area contributed by atoms with Crippen LogP contribution in [-0.4, -0.2) is 40.2 Å². The summed E-state index contributed by atoms with van der Waals surface area (Å²) in [5.41, 5.74) is 0.862. The maximum atomic E-state index is 12.5. The Morgan fingerprint density at radius 3 is 2.64 bits per heavy atom. The number of aliphatic carboxylic acids is 1. The van der Waals surface area contributed by atoms with Gasteiger partial charge < -0.3 is 19.9 Å². The van der Waals surface area contributed by atoms with E-state index >= 15 is 0 Å². The average Bonchev–Trinajstić information content (AvgIpc) is 2.65. The molecule has 1 unspecified atom stereocenters. The molecule has 0 fully saturated rings. The van der Waals surface area contributed by atoms with E-state index in [1.54, 1.807) is 36.7 Å². The highest BCUT2D eigenvalue weighted by molar-refractivity contribution is 5.96. The summed E-state index contributed by atoms with van der Waals surface area (Å²) >= 11 is 0. The average molecular weight is 386 g/mol. The molecule has 0 spiro atoms. The van der Waals surface area contributed by atoms with Crippen molar-refractivity contribution in [1.82, 2.24) is 10.3 Å². The van der Waals surface area contributed by atoms with Gasteiger partial charge in [-0.1, -0.05) is 12.1 Å². The van der Waals surface area contributed by atoms with E-state index in [9.17, 15) is 14.7 Å². The number of pyridine rings is 1. The van der Waals surface area contributed by atoms with E-state index in [1.165, 1.54) is 0 Å². The van der Waals surface area contributed by atoms with E-state index < -0.39 is 17.9 Å². The summed E-state index contributed by atoms with van der Waals surface area (Å²) in [6.07, 6.45) is 3.56. The van der Waals surface area contributed by atoms with Crippen LogP contribution in [0.25, 0.3) is 0 Å². The molecular formula is C21H26N2O5. The van der Waals surface area contributed by atoms with Gasteiger partial charge in [-0.2, -0.15) is 0 Å². The Morgan fingerprint density at radius 1 is 1.21 bits per heavy atom. The molecule has 1 heterocycles. The van der Waals surface area contributed by atoms with Gasteiger partial charge in [0.25, 0.3) is 5.91 Å². The lowest BCUT2D eigenvalue weighted by atomic mass is 10.1. The molecule has 0 aliphatic rings. The van der Waals surface area contributed by atoms with Gasteiger partial charge in [0, 0.05) is 36.5 Å². The van der Waals surface area contributed by atoms with Crippen LogP contribution in [0.1, 0.15) is 43.1 Å². The van der Waals surface area contributed by atoms with Gasteiger partial charge in [-0.05, 0) is 45.0 Å². The second-order valence-corrected chi connectivity index (χ2v) is 7.29. The number of aromatic nitrogens is 1. The number of benzene rings is 1. The number of nitrogens with one attached hydrogen (secondary N) is 1. The highest BCUT2D eigenvalue weighted by atomic mass is 16.5. The van der Waals surface area contributed by atoms with Crippen LogP contribution in [0.5, 0.6) is 5.75 Å². The van der Waals surface area contributed by atoms with Gasteiger partial charge >= 0.3 is 5.97 Å². The minimum absolute atomic E-state index is 0.176. The molecule has 0 aliphatic heterocycles. The first-order chi connectivity index (χ1) is 13.2. The first kappa shape index (κ1) is 21.4. The van der Waals surface area contributed by atoms with Crippen molar-refractivity contribution >= 4 is 11.9 Å². The van der Waals surface area contributed by atoms with Gasteiger partial charge in [-0.25, -0.2) is 4.79 Å². The number of carbonyl (C=O) groups is 2. The summed E-state index contributed by atoms with van der Waals surface area (Å²) in [5.74, 6) is -1.07. The molecule has 2 N–H and O–H groups in total. The zero-order valence-corrected chi connectivity index (χ0v) is 16.3. The van der Waals surface area contributed by atoms with Crippen molar-refractivity contribution in [3.63, 3.8) is 0 Å². The second-order valence-electron chi connectivity index (χ2n) is 7.29. The maximum Gasteiger partial charge on any atom is 0.326 e. The molecule has 0 saturated carbocycles. The number of carbonyl (C=O) groups excluding carboxylic acids is 1. The summed E-state index contributed by atoms with van der Waals surface area (Å²) in [4.78, 5) is 27.9. The first-order valence-electron chi connectivity index (χ1n) is 9.04. The highest BCUT2D eigenvalue weighted by Crippen LogP contribution is 2.15. The number of hydrogen-bond donors (Lipinski definition) is 2. The van der Waals surface area contributed by atoms with Crippen LogP contribution in [0.15, 0.2) is 48.8 Å². The number of rotatable bonds is 9. The lowest BCUT2D eigenvalue weighted by Gasteiger charge is -2.21. The quantitative estimate of drug-likeness (QED) is 0.687.